The summed E-state index contributed by atoms with van der Waals surface area (Å²) < 4.78 is 6.18. The molecule has 0 amide bonds. The van der Waals surface area contributed by atoms with E-state index < -0.39 is 0 Å². The topological polar surface area (TPSA) is 13.1 Å². The summed E-state index contributed by atoms with van der Waals surface area (Å²) in [6.07, 6.45) is 0. The third-order valence-corrected chi connectivity index (χ3v) is 10.0. The number of benzene rings is 9. The standard InChI is InChI=1S/C48H30O/c1-2-10-34-27-35(22-19-31(34)9-1)32-17-20-33(21-18-32)47-41-12-4-6-14-43(41)48(44-15-7-5-13-42(44)47)40-26-24-36-28-39(25-23-37(36)29-40)46-30-38-11-3-8-16-45(38)49-46/h1-30H. The highest BCUT2D eigenvalue weighted by molar-refractivity contribution is 6.21. The molecule has 0 saturated heterocycles. The fourth-order valence-corrected chi connectivity index (χ4v) is 7.63. The first-order valence-electron chi connectivity index (χ1n) is 16.8. The van der Waals surface area contributed by atoms with Gasteiger partial charge >= 0.3 is 0 Å². The second-order valence-electron chi connectivity index (χ2n) is 12.9. The lowest BCUT2D eigenvalue weighted by molar-refractivity contribution is 0.631. The molecule has 9 aromatic carbocycles. The van der Waals surface area contributed by atoms with Crippen LogP contribution in [0.3, 0.4) is 0 Å². The predicted molar refractivity (Wildman–Crippen MR) is 208 cm³/mol. The molecular weight excluding hydrogens is 593 g/mol. The van der Waals surface area contributed by atoms with Crippen LogP contribution >= 0.6 is 0 Å². The van der Waals surface area contributed by atoms with Gasteiger partial charge in [0.05, 0.1) is 0 Å². The summed E-state index contributed by atoms with van der Waals surface area (Å²) in [5.74, 6) is 0.894. The lowest BCUT2D eigenvalue weighted by Crippen LogP contribution is -1.91. The molecular formula is C48H30O. The quantitative estimate of drug-likeness (QED) is 0.178. The predicted octanol–water partition coefficient (Wildman–Crippen LogP) is 13.7. The first-order chi connectivity index (χ1) is 24.3. The number of furan rings is 1. The van der Waals surface area contributed by atoms with E-state index in [0.29, 0.717) is 0 Å². The molecule has 1 aromatic heterocycles. The van der Waals surface area contributed by atoms with Crippen molar-refractivity contribution < 1.29 is 4.42 Å². The fraction of sp³-hybridized carbons (Fsp3) is 0. The average Bonchev–Trinajstić information content (AvgIpc) is 3.61. The highest BCUT2D eigenvalue weighted by Gasteiger charge is 2.17. The Labute approximate surface area is 284 Å². The van der Waals surface area contributed by atoms with Gasteiger partial charge in [0.15, 0.2) is 0 Å². The molecule has 0 aliphatic rings. The van der Waals surface area contributed by atoms with Crippen molar-refractivity contribution >= 4 is 54.1 Å². The van der Waals surface area contributed by atoms with Crippen LogP contribution < -0.4 is 0 Å². The van der Waals surface area contributed by atoms with Crippen molar-refractivity contribution in [2.45, 2.75) is 0 Å². The van der Waals surface area contributed by atoms with Crippen molar-refractivity contribution in [1.82, 2.24) is 0 Å². The minimum Gasteiger partial charge on any atom is -0.456 e. The Kier molecular flexibility index (Phi) is 6.25. The minimum absolute atomic E-state index is 0.894. The molecule has 0 saturated carbocycles. The van der Waals surface area contributed by atoms with Crippen molar-refractivity contribution in [1.29, 1.82) is 0 Å². The third-order valence-electron chi connectivity index (χ3n) is 10.0. The van der Waals surface area contributed by atoms with Crippen LogP contribution in [0.1, 0.15) is 0 Å². The molecule has 0 fully saturated rings. The summed E-state index contributed by atoms with van der Waals surface area (Å²) in [5, 5.41) is 11.1. The SMILES string of the molecule is c1ccc2cc(-c3ccc(-c4c5ccccc5c(-c5ccc6cc(-c7cc8ccccc8o7)ccc6c5)c5ccccc45)cc3)ccc2c1. The van der Waals surface area contributed by atoms with Crippen molar-refractivity contribution in [3.8, 4) is 44.7 Å². The zero-order valence-electron chi connectivity index (χ0n) is 26.7. The highest BCUT2D eigenvalue weighted by Crippen LogP contribution is 2.44. The van der Waals surface area contributed by atoms with E-state index in [2.05, 4.69) is 164 Å². The normalized spacial score (nSPS) is 11.7. The van der Waals surface area contributed by atoms with Crippen LogP contribution in [0.4, 0.5) is 0 Å². The maximum absolute atomic E-state index is 6.18. The van der Waals surface area contributed by atoms with Gasteiger partial charge in [-0.2, -0.15) is 0 Å². The van der Waals surface area contributed by atoms with E-state index >= 15 is 0 Å². The van der Waals surface area contributed by atoms with Gasteiger partial charge in [0, 0.05) is 10.9 Å². The monoisotopic (exact) mass is 622 g/mol. The zero-order valence-corrected chi connectivity index (χ0v) is 26.7. The molecule has 1 nitrogen and oxygen atoms in total. The summed E-state index contributed by atoms with van der Waals surface area (Å²) in [6, 6.07) is 65.9. The molecule has 0 N–H and O–H groups in total. The van der Waals surface area contributed by atoms with Gasteiger partial charge in [-0.3, -0.25) is 0 Å². The maximum Gasteiger partial charge on any atom is 0.135 e. The molecule has 10 aromatic rings. The lowest BCUT2D eigenvalue weighted by Gasteiger charge is -2.18. The van der Waals surface area contributed by atoms with Crippen LogP contribution in [0.5, 0.6) is 0 Å². The summed E-state index contributed by atoms with van der Waals surface area (Å²) in [4.78, 5) is 0. The molecule has 0 aliphatic heterocycles. The van der Waals surface area contributed by atoms with Gasteiger partial charge in [-0.15, -0.1) is 0 Å². The first kappa shape index (κ1) is 27.7. The molecule has 1 heterocycles. The van der Waals surface area contributed by atoms with Crippen LogP contribution in [-0.4, -0.2) is 0 Å². The van der Waals surface area contributed by atoms with Crippen LogP contribution in [0, 0.1) is 0 Å². The number of hydrogen-bond acceptors (Lipinski definition) is 1. The van der Waals surface area contributed by atoms with E-state index in [1.54, 1.807) is 0 Å². The largest absolute Gasteiger partial charge is 0.456 e. The van der Waals surface area contributed by atoms with Crippen LogP contribution in [-0.2, 0) is 0 Å². The van der Waals surface area contributed by atoms with Gasteiger partial charge in [0.1, 0.15) is 11.3 Å². The summed E-state index contributed by atoms with van der Waals surface area (Å²) in [6.45, 7) is 0. The van der Waals surface area contributed by atoms with Crippen molar-refractivity contribution in [2.24, 2.45) is 0 Å². The van der Waals surface area contributed by atoms with Crippen LogP contribution in [0.2, 0.25) is 0 Å². The molecule has 0 spiro atoms. The number of para-hydroxylation sites is 1. The Balaban J connectivity index is 1.10. The van der Waals surface area contributed by atoms with Gasteiger partial charge in [0.2, 0.25) is 0 Å². The third kappa shape index (κ3) is 4.63. The van der Waals surface area contributed by atoms with E-state index in [1.807, 2.05) is 18.2 Å². The lowest BCUT2D eigenvalue weighted by atomic mass is 9.85. The fourth-order valence-electron chi connectivity index (χ4n) is 7.63. The van der Waals surface area contributed by atoms with Crippen LogP contribution in [0.15, 0.2) is 186 Å². The van der Waals surface area contributed by atoms with E-state index in [9.17, 15) is 0 Å². The smallest absolute Gasteiger partial charge is 0.135 e. The summed E-state index contributed by atoms with van der Waals surface area (Å²) >= 11 is 0. The van der Waals surface area contributed by atoms with E-state index in [4.69, 9.17) is 4.42 Å². The molecule has 0 radical (unpaired) electrons. The number of rotatable bonds is 4. The van der Waals surface area contributed by atoms with Crippen molar-refractivity contribution in [3.63, 3.8) is 0 Å². The molecule has 10 rings (SSSR count). The van der Waals surface area contributed by atoms with E-state index in [-0.39, 0.29) is 0 Å². The van der Waals surface area contributed by atoms with E-state index in [1.165, 1.54) is 76.5 Å². The summed E-state index contributed by atoms with van der Waals surface area (Å²) in [5.41, 5.74) is 9.44. The van der Waals surface area contributed by atoms with Gasteiger partial charge in [0.25, 0.3) is 0 Å². The zero-order chi connectivity index (χ0) is 32.3. The summed E-state index contributed by atoms with van der Waals surface area (Å²) in [7, 11) is 0. The second kappa shape index (κ2) is 11.1. The molecule has 49 heavy (non-hydrogen) atoms. The molecule has 0 atom stereocenters. The van der Waals surface area contributed by atoms with Gasteiger partial charge in [-0.1, -0.05) is 152 Å². The molecule has 0 aliphatic carbocycles. The average molecular weight is 623 g/mol. The molecule has 1 heteroatoms. The number of hydrogen-bond donors (Lipinski definition) is 0. The molecule has 228 valence electrons. The first-order valence-corrected chi connectivity index (χ1v) is 16.8. The Morgan fingerprint density at radius 3 is 1.37 bits per heavy atom. The molecule has 0 unspecified atom stereocenters. The van der Waals surface area contributed by atoms with Crippen molar-refractivity contribution in [3.05, 3.63) is 182 Å². The second-order valence-corrected chi connectivity index (χ2v) is 12.9. The highest BCUT2D eigenvalue weighted by atomic mass is 16.3. The number of fused-ring (bicyclic) bond motifs is 5. The Morgan fingerprint density at radius 2 is 0.694 bits per heavy atom. The Morgan fingerprint density at radius 1 is 0.265 bits per heavy atom. The molecule has 0 bridgehead atoms. The van der Waals surface area contributed by atoms with Crippen molar-refractivity contribution in [2.75, 3.05) is 0 Å². The van der Waals surface area contributed by atoms with Crippen LogP contribution in [0.25, 0.3) is 98.8 Å². The van der Waals surface area contributed by atoms with Gasteiger partial charge < -0.3 is 4.42 Å². The Hall–Kier alpha value is -6.44. The maximum atomic E-state index is 6.18. The Bertz CT molecular complexity index is 2780. The minimum atomic E-state index is 0.894. The van der Waals surface area contributed by atoms with Gasteiger partial charge in [-0.25, -0.2) is 0 Å². The van der Waals surface area contributed by atoms with E-state index in [0.717, 1.165) is 22.3 Å². The van der Waals surface area contributed by atoms with Gasteiger partial charge in [-0.05, 0) is 107 Å².